The molecule has 0 saturated carbocycles. The zero-order chi connectivity index (χ0) is 23.3. The maximum Gasteiger partial charge on any atom is 0.303 e. The van der Waals surface area contributed by atoms with Crippen molar-refractivity contribution in [2.24, 2.45) is 5.10 Å². The first-order chi connectivity index (χ1) is 15.4. The van der Waals surface area contributed by atoms with Gasteiger partial charge in [-0.3, -0.25) is 9.59 Å². The number of methoxy groups -OCH3 is 4. The Bertz CT molecular complexity index is 1010. The predicted molar refractivity (Wildman–Crippen MR) is 117 cm³/mol. The molecule has 0 bridgehead atoms. The number of hydrazone groups is 1. The van der Waals surface area contributed by atoms with Crippen LogP contribution in [0, 0.1) is 0 Å². The minimum Gasteiger partial charge on any atom is -0.497 e. The van der Waals surface area contributed by atoms with E-state index in [0.29, 0.717) is 40.7 Å². The van der Waals surface area contributed by atoms with Crippen molar-refractivity contribution in [1.29, 1.82) is 0 Å². The zero-order valence-corrected chi connectivity index (χ0v) is 18.5. The predicted octanol–water partition coefficient (Wildman–Crippen LogP) is 3.26. The summed E-state index contributed by atoms with van der Waals surface area (Å²) in [6.07, 6.45) is -0.0654. The first kappa shape index (κ1) is 22.9. The molecular formula is C23H26N2O7. The van der Waals surface area contributed by atoms with Gasteiger partial charge in [0.2, 0.25) is 5.91 Å². The first-order valence-electron chi connectivity index (χ1n) is 9.96. The van der Waals surface area contributed by atoms with E-state index in [-0.39, 0.29) is 12.8 Å². The molecule has 9 nitrogen and oxygen atoms in total. The van der Waals surface area contributed by atoms with Crippen LogP contribution in [0.25, 0.3) is 0 Å². The van der Waals surface area contributed by atoms with E-state index in [0.717, 1.165) is 5.56 Å². The number of amides is 1. The van der Waals surface area contributed by atoms with Gasteiger partial charge in [-0.2, -0.15) is 5.10 Å². The van der Waals surface area contributed by atoms with Gasteiger partial charge in [-0.05, 0) is 30.3 Å². The molecule has 1 N–H and O–H groups in total. The van der Waals surface area contributed by atoms with Crippen LogP contribution in [0.3, 0.4) is 0 Å². The fourth-order valence-electron chi connectivity index (χ4n) is 3.56. The largest absolute Gasteiger partial charge is 0.497 e. The summed E-state index contributed by atoms with van der Waals surface area (Å²) in [6, 6.07) is 10.2. The second-order valence-electron chi connectivity index (χ2n) is 7.11. The molecule has 32 heavy (non-hydrogen) atoms. The number of aliphatic carboxylic acids is 1. The van der Waals surface area contributed by atoms with Crippen LogP contribution < -0.4 is 18.9 Å². The van der Waals surface area contributed by atoms with E-state index in [1.807, 2.05) is 12.1 Å². The Hall–Kier alpha value is -3.75. The average molecular weight is 442 g/mol. The van der Waals surface area contributed by atoms with Crippen molar-refractivity contribution in [3.8, 4) is 23.0 Å². The summed E-state index contributed by atoms with van der Waals surface area (Å²) in [6.45, 7) is 0. The molecule has 0 aliphatic carbocycles. The Labute approximate surface area is 186 Å². The summed E-state index contributed by atoms with van der Waals surface area (Å²) in [5.74, 6) is 0.921. The summed E-state index contributed by atoms with van der Waals surface area (Å²) in [7, 11) is 6.22. The molecule has 9 heteroatoms. The van der Waals surface area contributed by atoms with Gasteiger partial charge in [-0.15, -0.1) is 0 Å². The van der Waals surface area contributed by atoms with Gasteiger partial charge in [0.05, 0.1) is 46.6 Å². The Balaban J connectivity index is 2.05. The van der Waals surface area contributed by atoms with E-state index in [9.17, 15) is 9.59 Å². The lowest BCUT2D eigenvalue weighted by Crippen LogP contribution is -2.27. The number of carbonyl (C=O) groups is 2. The molecule has 3 rings (SSSR count). The van der Waals surface area contributed by atoms with Crippen LogP contribution in [-0.4, -0.2) is 56.1 Å². The number of rotatable bonds is 9. The van der Waals surface area contributed by atoms with E-state index in [4.69, 9.17) is 24.1 Å². The highest BCUT2D eigenvalue weighted by Gasteiger charge is 2.35. The number of carbonyl (C=O) groups excluding carboxylic acids is 1. The van der Waals surface area contributed by atoms with E-state index in [1.54, 1.807) is 52.7 Å². The van der Waals surface area contributed by atoms with E-state index in [1.165, 1.54) is 5.01 Å². The molecule has 1 unspecified atom stereocenters. The zero-order valence-electron chi connectivity index (χ0n) is 18.5. The van der Waals surface area contributed by atoms with Gasteiger partial charge in [0, 0.05) is 30.0 Å². The molecule has 2 aromatic carbocycles. The number of hydrogen-bond donors (Lipinski definition) is 1. The second kappa shape index (κ2) is 10.0. The van der Waals surface area contributed by atoms with Crippen LogP contribution in [0.2, 0.25) is 0 Å². The van der Waals surface area contributed by atoms with Gasteiger partial charge >= 0.3 is 5.97 Å². The lowest BCUT2D eigenvalue weighted by atomic mass is 9.97. The fourth-order valence-corrected chi connectivity index (χ4v) is 3.56. The van der Waals surface area contributed by atoms with Crippen LogP contribution in [-0.2, 0) is 9.59 Å². The minimum absolute atomic E-state index is 0.170. The Kier molecular flexibility index (Phi) is 7.19. The monoisotopic (exact) mass is 442 g/mol. The number of ether oxygens (including phenoxy) is 4. The Morgan fingerprint density at radius 1 is 0.938 bits per heavy atom. The molecule has 0 aromatic heterocycles. The summed E-state index contributed by atoms with van der Waals surface area (Å²) in [5.41, 5.74) is 2.09. The van der Waals surface area contributed by atoms with Crippen molar-refractivity contribution < 1.29 is 33.6 Å². The smallest absolute Gasteiger partial charge is 0.303 e. The molecule has 1 aliphatic rings. The number of carboxylic acids is 1. The number of nitrogens with zero attached hydrogens (tertiary/aromatic N) is 2. The van der Waals surface area contributed by atoms with Crippen molar-refractivity contribution in [2.45, 2.75) is 25.3 Å². The third-order valence-electron chi connectivity index (χ3n) is 5.20. The van der Waals surface area contributed by atoms with Crippen LogP contribution in [0.4, 0.5) is 0 Å². The van der Waals surface area contributed by atoms with E-state index < -0.39 is 17.9 Å². The van der Waals surface area contributed by atoms with Crippen molar-refractivity contribution in [2.75, 3.05) is 28.4 Å². The average Bonchev–Trinajstić information content (AvgIpc) is 3.27. The van der Waals surface area contributed by atoms with Crippen molar-refractivity contribution >= 4 is 17.6 Å². The SMILES string of the molecule is COc1cc(OC)cc(C2=NN(C(=O)CCC(=O)O)C(c3cc(OC)ccc3OC)C2)c1. The van der Waals surface area contributed by atoms with E-state index >= 15 is 0 Å². The van der Waals surface area contributed by atoms with Gasteiger partial charge in [-0.25, -0.2) is 5.01 Å². The lowest BCUT2D eigenvalue weighted by molar-refractivity contribution is -0.141. The second-order valence-corrected chi connectivity index (χ2v) is 7.11. The Morgan fingerprint density at radius 2 is 1.59 bits per heavy atom. The minimum atomic E-state index is -1.05. The molecule has 0 fully saturated rings. The molecule has 0 saturated heterocycles. The molecule has 1 heterocycles. The summed E-state index contributed by atoms with van der Waals surface area (Å²) in [4.78, 5) is 24.0. The molecule has 1 atom stereocenters. The molecule has 2 aromatic rings. The number of hydrogen-bond acceptors (Lipinski definition) is 7. The first-order valence-corrected chi connectivity index (χ1v) is 9.96. The van der Waals surface area contributed by atoms with Crippen LogP contribution in [0.5, 0.6) is 23.0 Å². The van der Waals surface area contributed by atoms with Gasteiger partial charge in [0.15, 0.2) is 0 Å². The third kappa shape index (κ3) is 4.93. The van der Waals surface area contributed by atoms with Gasteiger partial charge in [0.25, 0.3) is 0 Å². The molecule has 0 radical (unpaired) electrons. The lowest BCUT2D eigenvalue weighted by Gasteiger charge is -2.24. The number of carboxylic acid groups (broad SMARTS) is 1. The van der Waals surface area contributed by atoms with Gasteiger partial charge in [0.1, 0.15) is 23.0 Å². The maximum absolute atomic E-state index is 12.9. The van der Waals surface area contributed by atoms with Crippen LogP contribution >= 0.6 is 0 Å². The topological polar surface area (TPSA) is 107 Å². The maximum atomic E-state index is 12.9. The van der Waals surface area contributed by atoms with Gasteiger partial charge < -0.3 is 24.1 Å². The summed E-state index contributed by atoms with van der Waals surface area (Å²) >= 11 is 0. The van der Waals surface area contributed by atoms with Gasteiger partial charge in [-0.1, -0.05) is 0 Å². The molecular weight excluding hydrogens is 416 g/mol. The standard InChI is InChI=1S/C23H26N2O7/c1-29-15-5-6-21(32-4)18(12-15)20-13-19(24-25(20)22(26)7-8-23(27)28)14-9-16(30-2)11-17(10-14)31-3/h5-6,9-12,20H,7-8,13H2,1-4H3,(H,27,28). The fraction of sp³-hybridized carbons (Fsp3) is 0.348. The van der Waals surface area contributed by atoms with Crippen LogP contribution in [0.1, 0.15) is 36.4 Å². The molecule has 1 amide bonds. The van der Waals surface area contributed by atoms with Crippen molar-refractivity contribution in [3.63, 3.8) is 0 Å². The highest BCUT2D eigenvalue weighted by Crippen LogP contribution is 2.40. The quantitative estimate of drug-likeness (QED) is 0.635. The Morgan fingerprint density at radius 3 is 2.16 bits per heavy atom. The summed E-state index contributed by atoms with van der Waals surface area (Å²) < 4.78 is 21.6. The molecule has 1 aliphatic heterocycles. The van der Waals surface area contributed by atoms with Crippen LogP contribution in [0.15, 0.2) is 41.5 Å². The van der Waals surface area contributed by atoms with Crippen molar-refractivity contribution in [3.05, 3.63) is 47.5 Å². The third-order valence-corrected chi connectivity index (χ3v) is 5.20. The summed E-state index contributed by atoms with van der Waals surface area (Å²) in [5, 5.41) is 14.9. The highest BCUT2D eigenvalue weighted by atomic mass is 16.5. The van der Waals surface area contributed by atoms with Crippen molar-refractivity contribution in [1.82, 2.24) is 5.01 Å². The number of benzene rings is 2. The van der Waals surface area contributed by atoms with E-state index in [2.05, 4.69) is 5.10 Å². The highest BCUT2D eigenvalue weighted by molar-refractivity contribution is 6.04. The molecule has 170 valence electrons. The molecule has 0 spiro atoms. The normalized spacial score (nSPS) is 15.2.